The molecule has 1 heterocycles. The first-order valence-corrected chi connectivity index (χ1v) is 5.38. The highest BCUT2D eigenvalue weighted by molar-refractivity contribution is 5.88. The molecule has 1 aliphatic carbocycles. The molecular formula is C11H13N3O3. The summed E-state index contributed by atoms with van der Waals surface area (Å²) in [6, 6.07) is 3.12. The number of pyridine rings is 1. The van der Waals surface area contributed by atoms with Gasteiger partial charge in [-0.2, -0.15) is 0 Å². The smallest absolute Gasteiger partial charge is 0.335 e. The van der Waals surface area contributed by atoms with Gasteiger partial charge in [0.15, 0.2) is 0 Å². The maximum atomic E-state index is 11.4. The summed E-state index contributed by atoms with van der Waals surface area (Å²) in [5.41, 5.74) is 0.144. The number of hydrogen-bond donors (Lipinski definition) is 3. The highest BCUT2D eigenvalue weighted by atomic mass is 16.4. The fraction of sp³-hybridized carbons (Fsp3) is 0.364. The number of aromatic nitrogens is 1. The summed E-state index contributed by atoms with van der Waals surface area (Å²) in [6.07, 6.45) is 3.47. The molecule has 1 saturated carbocycles. The minimum Gasteiger partial charge on any atom is -0.478 e. The average Bonchev–Trinajstić information content (AvgIpc) is 3.11. The van der Waals surface area contributed by atoms with Crippen LogP contribution in [0.5, 0.6) is 0 Å². The number of aromatic carboxylic acids is 1. The minimum atomic E-state index is -1.02. The summed E-state index contributed by atoms with van der Waals surface area (Å²) in [6.45, 7) is 0.104. The van der Waals surface area contributed by atoms with Crippen molar-refractivity contribution in [3.63, 3.8) is 0 Å². The Morgan fingerprint density at radius 3 is 2.88 bits per heavy atom. The van der Waals surface area contributed by atoms with Crippen molar-refractivity contribution < 1.29 is 14.7 Å². The Labute approximate surface area is 98.1 Å². The van der Waals surface area contributed by atoms with E-state index >= 15 is 0 Å². The number of nitrogens with one attached hydrogen (secondary N) is 2. The SMILES string of the molecule is O=C(CNc1cc(C(=O)O)ccn1)NC1CC1. The molecule has 0 saturated heterocycles. The maximum Gasteiger partial charge on any atom is 0.335 e. The van der Waals surface area contributed by atoms with Crippen LogP contribution in [0, 0.1) is 0 Å². The van der Waals surface area contributed by atoms with E-state index in [0.29, 0.717) is 11.9 Å². The predicted molar refractivity (Wildman–Crippen MR) is 60.9 cm³/mol. The van der Waals surface area contributed by atoms with Crippen LogP contribution in [0.3, 0.4) is 0 Å². The van der Waals surface area contributed by atoms with E-state index in [1.54, 1.807) is 0 Å². The Bertz CT molecular complexity index is 443. The molecule has 2 rings (SSSR count). The first-order chi connectivity index (χ1) is 8.15. The van der Waals surface area contributed by atoms with Crippen LogP contribution in [0.25, 0.3) is 0 Å². The first kappa shape index (κ1) is 11.4. The monoisotopic (exact) mass is 235 g/mol. The van der Waals surface area contributed by atoms with Gasteiger partial charge < -0.3 is 15.7 Å². The molecule has 0 radical (unpaired) electrons. The molecule has 3 N–H and O–H groups in total. The van der Waals surface area contributed by atoms with Gasteiger partial charge in [-0.25, -0.2) is 9.78 Å². The molecule has 1 aliphatic rings. The van der Waals surface area contributed by atoms with E-state index in [-0.39, 0.29) is 18.0 Å². The number of amides is 1. The van der Waals surface area contributed by atoms with Gasteiger partial charge in [-0.1, -0.05) is 0 Å². The lowest BCUT2D eigenvalue weighted by molar-refractivity contribution is -0.119. The lowest BCUT2D eigenvalue weighted by Crippen LogP contribution is -2.31. The van der Waals surface area contributed by atoms with E-state index in [9.17, 15) is 9.59 Å². The van der Waals surface area contributed by atoms with Gasteiger partial charge >= 0.3 is 5.97 Å². The number of anilines is 1. The van der Waals surface area contributed by atoms with Gasteiger partial charge in [0.25, 0.3) is 0 Å². The number of carbonyl (C=O) groups excluding carboxylic acids is 1. The summed E-state index contributed by atoms with van der Waals surface area (Å²) in [5.74, 6) is -0.733. The molecule has 0 aliphatic heterocycles. The van der Waals surface area contributed by atoms with Crippen LogP contribution in [0.1, 0.15) is 23.2 Å². The Kier molecular flexibility index (Phi) is 3.22. The highest BCUT2D eigenvalue weighted by Gasteiger charge is 2.22. The van der Waals surface area contributed by atoms with Gasteiger partial charge in [-0.3, -0.25) is 4.79 Å². The topological polar surface area (TPSA) is 91.3 Å². The molecule has 0 unspecified atom stereocenters. The number of carbonyl (C=O) groups is 2. The van der Waals surface area contributed by atoms with Crippen molar-refractivity contribution in [2.24, 2.45) is 0 Å². The number of nitrogens with zero attached hydrogens (tertiary/aromatic N) is 1. The Morgan fingerprint density at radius 2 is 2.24 bits per heavy atom. The van der Waals surface area contributed by atoms with Crippen LogP contribution in [0.4, 0.5) is 5.82 Å². The largest absolute Gasteiger partial charge is 0.478 e. The molecule has 0 spiro atoms. The minimum absolute atomic E-state index is 0.102. The van der Waals surface area contributed by atoms with Crippen molar-refractivity contribution in [2.75, 3.05) is 11.9 Å². The second-order valence-corrected chi connectivity index (χ2v) is 3.93. The standard InChI is InChI=1S/C11H13N3O3/c15-10(14-8-1-2-8)6-13-9-5-7(11(16)17)3-4-12-9/h3-5,8H,1-2,6H2,(H,12,13)(H,14,15)(H,16,17). The lowest BCUT2D eigenvalue weighted by atomic mass is 10.2. The maximum absolute atomic E-state index is 11.4. The van der Waals surface area contributed by atoms with E-state index in [1.165, 1.54) is 18.3 Å². The Morgan fingerprint density at radius 1 is 1.47 bits per heavy atom. The zero-order valence-corrected chi connectivity index (χ0v) is 9.14. The third-order valence-corrected chi connectivity index (χ3v) is 2.38. The van der Waals surface area contributed by atoms with Crippen molar-refractivity contribution in [1.29, 1.82) is 0 Å². The van der Waals surface area contributed by atoms with E-state index in [1.807, 2.05) is 0 Å². The lowest BCUT2D eigenvalue weighted by Gasteiger charge is -2.06. The number of rotatable bonds is 5. The van der Waals surface area contributed by atoms with Crippen LogP contribution >= 0.6 is 0 Å². The summed E-state index contributed by atoms with van der Waals surface area (Å²) in [7, 11) is 0. The fourth-order valence-corrected chi connectivity index (χ4v) is 1.34. The van der Waals surface area contributed by atoms with Crippen molar-refractivity contribution in [3.05, 3.63) is 23.9 Å². The van der Waals surface area contributed by atoms with Gasteiger partial charge in [0.05, 0.1) is 12.1 Å². The van der Waals surface area contributed by atoms with Gasteiger partial charge in [-0.05, 0) is 25.0 Å². The van der Waals surface area contributed by atoms with Crippen molar-refractivity contribution in [1.82, 2.24) is 10.3 Å². The molecule has 90 valence electrons. The molecule has 6 heteroatoms. The third kappa shape index (κ3) is 3.44. The summed E-state index contributed by atoms with van der Waals surface area (Å²) in [5, 5.41) is 14.4. The first-order valence-electron chi connectivity index (χ1n) is 5.38. The number of hydrogen-bond acceptors (Lipinski definition) is 4. The molecule has 17 heavy (non-hydrogen) atoms. The van der Waals surface area contributed by atoms with Crippen LogP contribution in [-0.2, 0) is 4.79 Å². The van der Waals surface area contributed by atoms with E-state index < -0.39 is 5.97 Å². The summed E-state index contributed by atoms with van der Waals surface area (Å²) >= 11 is 0. The molecule has 6 nitrogen and oxygen atoms in total. The molecule has 1 amide bonds. The molecule has 1 aromatic rings. The van der Waals surface area contributed by atoms with E-state index in [0.717, 1.165) is 12.8 Å². The summed E-state index contributed by atoms with van der Waals surface area (Å²) in [4.78, 5) is 26.0. The number of carboxylic acids is 1. The quantitative estimate of drug-likeness (QED) is 0.690. The van der Waals surface area contributed by atoms with Crippen LogP contribution in [-0.4, -0.2) is 34.6 Å². The second kappa shape index (κ2) is 4.82. The van der Waals surface area contributed by atoms with E-state index in [2.05, 4.69) is 15.6 Å². The second-order valence-electron chi connectivity index (χ2n) is 3.93. The van der Waals surface area contributed by atoms with Crippen molar-refractivity contribution in [3.8, 4) is 0 Å². The Hall–Kier alpha value is -2.11. The van der Waals surface area contributed by atoms with Crippen molar-refractivity contribution in [2.45, 2.75) is 18.9 Å². The normalized spacial score (nSPS) is 14.1. The predicted octanol–water partition coefficient (Wildman–Crippen LogP) is 0.470. The zero-order chi connectivity index (χ0) is 12.3. The van der Waals surface area contributed by atoms with Gasteiger partial charge in [0.2, 0.25) is 5.91 Å². The third-order valence-electron chi connectivity index (χ3n) is 2.38. The Balaban J connectivity index is 1.87. The molecular weight excluding hydrogens is 222 g/mol. The van der Waals surface area contributed by atoms with Gasteiger partial charge in [0.1, 0.15) is 5.82 Å². The average molecular weight is 235 g/mol. The summed E-state index contributed by atoms with van der Waals surface area (Å²) < 4.78 is 0. The van der Waals surface area contributed by atoms with E-state index in [4.69, 9.17) is 5.11 Å². The highest BCUT2D eigenvalue weighted by Crippen LogP contribution is 2.18. The van der Waals surface area contributed by atoms with Gasteiger partial charge in [-0.15, -0.1) is 0 Å². The molecule has 1 fully saturated rings. The molecule has 0 bridgehead atoms. The fourth-order valence-electron chi connectivity index (χ4n) is 1.34. The molecule has 1 aromatic heterocycles. The van der Waals surface area contributed by atoms with Crippen LogP contribution in [0.15, 0.2) is 18.3 Å². The zero-order valence-electron chi connectivity index (χ0n) is 9.14. The van der Waals surface area contributed by atoms with Crippen LogP contribution < -0.4 is 10.6 Å². The molecule has 0 atom stereocenters. The van der Waals surface area contributed by atoms with Crippen molar-refractivity contribution >= 4 is 17.7 Å². The molecule has 0 aromatic carbocycles. The van der Waals surface area contributed by atoms with Crippen LogP contribution in [0.2, 0.25) is 0 Å². The number of carboxylic acid groups (broad SMARTS) is 1. The van der Waals surface area contributed by atoms with Gasteiger partial charge in [0, 0.05) is 12.2 Å².